The number of anilines is 1. The topological polar surface area (TPSA) is 87.7 Å². The quantitative estimate of drug-likeness (QED) is 0.591. The van der Waals surface area contributed by atoms with Gasteiger partial charge in [0.15, 0.2) is 0 Å². The fourth-order valence-corrected chi connectivity index (χ4v) is 4.86. The molecule has 0 atom stereocenters. The van der Waals surface area contributed by atoms with Crippen LogP contribution in [-0.4, -0.2) is 48.0 Å². The highest BCUT2D eigenvalue weighted by Gasteiger charge is 2.27. The monoisotopic (exact) mass is 491 g/mol. The van der Waals surface area contributed by atoms with Crippen LogP contribution in [0.1, 0.15) is 59.2 Å². The molecule has 178 valence electrons. The van der Waals surface area contributed by atoms with Crippen LogP contribution in [0.2, 0.25) is 5.02 Å². The molecule has 2 heterocycles. The predicted octanol–water partition coefficient (Wildman–Crippen LogP) is 5.34. The van der Waals surface area contributed by atoms with Gasteiger partial charge < -0.3 is 20.3 Å². The second-order valence-corrected chi connectivity index (χ2v) is 10.6. The van der Waals surface area contributed by atoms with E-state index in [2.05, 4.69) is 10.6 Å². The zero-order valence-corrected chi connectivity index (χ0v) is 20.9. The maximum absolute atomic E-state index is 13.1. The van der Waals surface area contributed by atoms with Gasteiger partial charge in [-0.05, 0) is 70.2 Å². The van der Waals surface area contributed by atoms with E-state index in [1.54, 1.807) is 24.3 Å². The van der Waals surface area contributed by atoms with Gasteiger partial charge in [0.25, 0.3) is 11.8 Å². The summed E-state index contributed by atoms with van der Waals surface area (Å²) in [5.41, 5.74) is 0.692. The summed E-state index contributed by atoms with van der Waals surface area (Å²) in [5.74, 6) is -0.0371. The third-order valence-corrected chi connectivity index (χ3v) is 6.77. The first-order valence-electron chi connectivity index (χ1n) is 11.0. The van der Waals surface area contributed by atoms with Crippen molar-refractivity contribution < 1.29 is 19.1 Å². The van der Waals surface area contributed by atoms with Crippen LogP contribution in [0.5, 0.6) is 0 Å². The van der Waals surface area contributed by atoms with E-state index in [0.717, 1.165) is 18.4 Å². The van der Waals surface area contributed by atoms with Crippen molar-refractivity contribution in [3.8, 4) is 0 Å². The van der Waals surface area contributed by atoms with Gasteiger partial charge in [-0.3, -0.25) is 9.59 Å². The van der Waals surface area contributed by atoms with Crippen molar-refractivity contribution in [2.45, 2.75) is 46.1 Å². The Labute approximate surface area is 203 Å². The van der Waals surface area contributed by atoms with Crippen LogP contribution in [-0.2, 0) is 4.74 Å². The number of nitrogens with one attached hydrogen (secondary N) is 2. The Kier molecular flexibility index (Phi) is 8.02. The van der Waals surface area contributed by atoms with E-state index in [4.69, 9.17) is 16.3 Å². The molecule has 0 radical (unpaired) electrons. The lowest BCUT2D eigenvalue weighted by molar-refractivity contribution is 0.0500. The summed E-state index contributed by atoms with van der Waals surface area (Å²) < 4.78 is 5.27. The number of aryl methyl sites for hydroxylation is 1. The Morgan fingerprint density at radius 3 is 2.48 bits per heavy atom. The summed E-state index contributed by atoms with van der Waals surface area (Å²) in [5, 5.41) is 6.65. The second kappa shape index (κ2) is 10.6. The van der Waals surface area contributed by atoms with Crippen LogP contribution in [0.15, 0.2) is 30.3 Å². The Hall–Kier alpha value is -2.58. The highest BCUT2D eigenvalue weighted by molar-refractivity contribution is 7.18. The number of nitrogens with zero attached hydrogens (tertiary/aromatic N) is 1. The Morgan fingerprint density at radius 1 is 1.18 bits per heavy atom. The molecule has 1 aromatic heterocycles. The average molecular weight is 492 g/mol. The lowest BCUT2D eigenvalue weighted by atomic mass is 9.96. The van der Waals surface area contributed by atoms with E-state index in [1.165, 1.54) is 11.3 Å². The van der Waals surface area contributed by atoms with E-state index < -0.39 is 11.7 Å². The van der Waals surface area contributed by atoms with Crippen molar-refractivity contribution in [1.29, 1.82) is 0 Å². The maximum Gasteiger partial charge on any atom is 0.407 e. The minimum Gasteiger partial charge on any atom is -0.444 e. The van der Waals surface area contributed by atoms with E-state index >= 15 is 0 Å². The molecule has 2 N–H and O–H groups in total. The largest absolute Gasteiger partial charge is 0.444 e. The molecular weight excluding hydrogens is 462 g/mol. The van der Waals surface area contributed by atoms with E-state index in [1.807, 2.05) is 38.7 Å². The molecule has 0 unspecified atom stereocenters. The molecule has 0 bridgehead atoms. The number of hydrogen-bond donors (Lipinski definition) is 2. The molecule has 1 aliphatic rings. The maximum atomic E-state index is 13.1. The number of piperidine rings is 1. The van der Waals surface area contributed by atoms with Crippen molar-refractivity contribution in [3.05, 3.63) is 51.4 Å². The van der Waals surface area contributed by atoms with Crippen LogP contribution in [0.25, 0.3) is 0 Å². The molecule has 1 aromatic carbocycles. The molecule has 1 saturated heterocycles. The highest BCUT2D eigenvalue weighted by atomic mass is 35.5. The molecule has 33 heavy (non-hydrogen) atoms. The Balaban J connectivity index is 1.53. The first kappa shape index (κ1) is 25.1. The Morgan fingerprint density at radius 2 is 1.85 bits per heavy atom. The third-order valence-electron chi connectivity index (χ3n) is 5.30. The van der Waals surface area contributed by atoms with Crippen molar-refractivity contribution in [3.63, 3.8) is 0 Å². The molecule has 7 nitrogen and oxygen atoms in total. The van der Waals surface area contributed by atoms with Gasteiger partial charge in [0.05, 0.1) is 20.5 Å². The normalized spacial score (nSPS) is 14.6. The molecule has 3 rings (SSSR count). The zero-order valence-electron chi connectivity index (χ0n) is 19.4. The number of halogens is 1. The Bertz CT molecular complexity index is 1020. The van der Waals surface area contributed by atoms with Crippen LogP contribution in [0.4, 0.5) is 9.80 Å². The number of hydrogen-bond acceptors (Lipinski definition) is 5. The first-order valence-corrected chi connectivity index (χ1v) is 12.2. The van der Waals surface area contributed by atoms with Crippen molar-refractivity contribution in [2.75, 3.05) is 25.0 Å². The molecule has 2 aromatic rings. The fourth-order valence-electron chi connectivity index (χ4n) is 3.61. The lowest BCUT2D eigenvalue weighted by Gasteiger charge is -2.32. The lowest BCUT2D eigenvalue weighted by Crippen LogP contribution is -2.42. The minimum atomic E-state index is -0.524. The van der Waals surface area contributed by atoms with Gasteiger partial charge in [-0.2, -0.15) is 0 Å². The van der Waals surface area contributed by atoms with Crippen LogP contribution >= 0.6 is 22.9 Å². The second-order valence-electron chi connectivity index (χ2n) is 9.18. The number of likely N-dealkylation sites (tertiary alicyclic amines) is 1. The van der Waals surface area contributed by atoms with E-state index in [-0.39, 0.29) is 11.8 Å². The van der Waals surface area contributed by atoms with Gasteiger partial charge in [-0.25, -0.2) is 4.79 Å². The minimum absolute atomic E-state index is 0.0331. The van der Waals surface area contributed by atoms with Crippen LogP contribution in [0, 0.1) is 12.8 Å². The predicted molar refractivity (Wildman–Crippen MR) is 131 cm³/mol. The van der Waals surface area contributed by atoms with Gasteiger partial charge in [0.1, 0.15) is 5.60 Å². The van der Waals surface area contributed by atoms with Gasteiger partial charge >= 0.3 is 6.09 Å². The summed E-state index contributed by atoms with van der Waals surface area (Å²) in [6, 6.07) is 8.65. The molecule has 0 aliphatic carbocycles. The van der Waals surface area contributed by atoms with Gasteiger partial charge in [-0.15, -0.1) is 11.3 Å². The zero-order chi connectivity index (χ0) is 24.2. The highest BCUT2D eigenvalue weighted by Crippen LogP contribution is 2.30. The number of carbonyl (C=O) groups is 3. The molecule has 1 fully saturated rings. The summed E-state index contributed by atoms with van der Waals surface area (Å²) in [4.78, 5) is 39.9. The number of amides is 3. The van der Waals surface area contributed by atoms with Gasteiger partial charge in [-0.1, -0.05) is 23.7 Å². The van der Waals surface area contributed by atoms with Crippen molar-refractivity contribution in [2.24, 2.45) is 5.92 Å². The smallest absolute Gasteiger partial charge is 0.407 e. The molecular formula is C24H30ClN3O4S. The molecule has 3 amide bonds. The number of thiophene rings is 1. The third kappa shape index (κ3) is 6.95. The summed E-state index contributed by atoms with van der Waals surface area (Å²) in [6.07, 6.45) is 1.20. The first-order chi connectivity index (χ1) is 15.5. The average Bonchev–Trinajstić information content (AvgIpc) is 3.11. The standard InChI is InChI=1S/C24H30ClN3O4S/c1-15-13-19(27-21(29)17-7-5-6-8-18(17)25)33-20(15)22(30)28-11-9-16(10-12-28)14-26-23(31)32-24(2,3)4/h5-8,13,16H,9-12,14H2,1-4H3,(H,26,31)(H,27,29). The van der Waals surface area contributed by atoms with Gasteiger partial charge in [0.2, 0.25) is 0 Å². The number of benzene rings is 1. The molecule has 0 spiro atoms. The SMILES string of the molecule is Cc1cc(NC(=O)c2ccccc2Cl)sc1C(=O)N1CCC(CNC(=O)OC(C)(C)C)CC1. The molecule has 9 heteroatoms. The number of carbonyl (C=O) groups excluding carboxylic acids is 3. The van der Waals surface area contributed by atoms with Gasteiger partial charge in [0, 0.05) is 19.6 Å². The van der Waals surface area contributed by atoms with Crippen LogP contribution in [0.3, 0.4) is 0 Å². The fraction of sp³-hybridized carbons (Fsp3) is 0.458. The van der Waals surface area contributed by atoms with E-state index in [9.17, 15) is 14.4 Å². The summed E-state index contributed by atoms with van der Waals surface area (Å²) in [7, 11) is 0. The van der Waals surface area contributed by atoms with Crippen molar-refractivity contribution >= 4 is 45.8 Å². The summed E-state index contributed by atoms with van der Waals surface area (Å²) in [6.45, 7) is 9.14. The van der Waals surface area contributed by atoms with Crippen LogP contribution < -0.4 is 10.6 Å². The van der Waals surface area contributed by atoms with Crippen molar-refractivity contribution in [1.82, 2.24) is 10.2 Å². The number of rotatable bonds is 5. The summed E-state index contributed by atoms with van der Waals surface area (Å²) >= 11 is 7.38. The van der Waals surface area contributed by atoms with E-state index in [0.29, 0.717) is 46.0 Å². The molecule has 1 aliphatic heterocycles. The molecule has 0 saturated carbocycles. The number of ether oxygens (including phenoxy) is 1. The number of alkyl carbamates (subject to hydrolysis) is 1.